The number of nitrogens with two attached hydrogens (primary N) is 1. The number of carbonyl (C=O) groups excluding carboxylic acids is 1. The molecule has 1 aromatic carbocycles. The minimum atomic E-state index is -0.569. The molecule has 170 valence electrons. The highest BCUT2D eigenvalue weighted by molar-refractivity contribution is 6.43. The number of anilines is 2. The van der Waals surface area contributed by atoms with Crippen LogP contribution in [0.1, 0.15) is 12.8 Å². The van der Waals surface area contributed by atoms with Crippen LogP contribution >= 0.6 is 23.2 Å². The van der Waals surface area contributed by atoms with Crippen molar-refractivity contribution in [3.63, 3.8) is 0 Å². The van der Waals surface area contributed by atoms with Gasteiger partial charge in [-0.25, -0.2) is 13.7 Å². The molecule has 0 spiro atoms. The van der Waals surface area contributed by atoms with Crippen LogP contribution in [0.4, 0.5) is 20.7 Å². The molecule has 1 aliphatic rings. The lowest BCUT2D eigenvalue weighted by Gasteiger charge is -2.36. The largest absolute Gasteiger partial charge is 0.368 e. The first-order chi connectivity index (χ1) is 15.4. The smallest absolute Gasteiger partial charge is 0.320 e. The van der Waals surface area contributed by atoms with Gasteiger partial charge < -0.3 is 10.6 Å². The van der Waals surface area contributed by atoms with E-state index in [0.717, 1.165) is 51.3 Å². The van der Waals surface area contributed by atoms with Crippen molar-refractivity contribution >= 4 is 46.3 Å². The topological polar surface area (TPSA) is 70.1 Å². The Bertz CT molecular complexity index is 1100. The molecule has 10 heteroatoms. The molecule has 1 saturated heterocycles. The Labute approximate surface area is 196 Å². The van der Waals surface area contributed by atoms with Gasteiger partial charge in [0.15, 0.2) is 5.82 Å². The normalized spacial score (nSPS) is 14.8. The van der Waals surface area contributed by atoms with Gasteiger partial charge in [0, 0.05) is 38.8 Å². The van der Waals surface area contributed by atoms with Crippen molar-refractivity contribution in [2.75, 3.05) is 49.1 Å². The molecule has 0 aliphatic carbocycles. The number of unbranched alkanes of at least 4 members (excludes halogenated alkanes) is 1. The van der Waals surface area contributed by atoms with Crippen LogP contribution in [-0.4, -0.2) is 59.8 Å². The van der Waals surface area contributed by atoms with E-state index in [1.807, 2.05) is 12.1 Å². The van der Waals surface area contributed by atoms with Crippen LogP contribution in [0.15, 0.2) is 42.6 Å². The third-order valence-corrected chi connectivity index (χ3v) is 6.51. The first kappa shape index (κ1) is 22.6. The van der Waals surface area contributed by atoms with E-state index in [9.17, 15) is 9.18 Å². The molecular formula is C22H25Cl2FN6O. The highest BCUT2D eigenvalue weighted by Gasteiger charge is 2.20. The number of benzene rings is 1. The molecule has 0 bridgehead atoms. The van der Waals surface area contributed by atoms with E-state index < -0.39 is 11.8 Å². The summed E-state index contributed by atoms with van der Waals surface area (Å²) in [6.45, 7) is 5.01. The molecule has 0 radical (unpaired) electrons. The molecule has 3 aromatic rings. The first-order valence-electron chi connectivity index (χ1n) is 10.6. The van der Waals surface area contributed by atoms with E-state index in [0.29, 0.717) is 27.9 Å². The van der Waals surface area contributed by atoms with Crippen molar-refractivity contribution in [1.29, 1.82) is 0 Å². The summed E-state index contributed by atoms with van der Waals surface area (Å²) in [5.74, 6) is 0.0330. The van der Waals surface area contributed by atoms with Crippen LogP contribution in [0.3, 0.4) is 0 Å². The number of aromatic nitrogens is 2. The summed E-state index contributed by atoms with van der Waals surface area (Å²) in [6.07, 6.45) is 2.98. The minimum absolute atomic E-state index is 0.393. The number of amides is 2. The van der Waals surface area contributed by atoms with Crippen molar-refractivity contribution in [2.24, 2.45) is 5.73 Å². The number of fused-ring (bicyclic) bond motifs is 1. The summed E-state index contributed by atoms with van der Waals surface area (Å²) in [5, 5.41) is 5.45. The van der Waals surface area contributed by atoms with Crippen LogP contribution < -0.4 is 15.5 Å². The third kappa shape index (κ3) is 5.09. The monoisotopic (exact) mass is 478 g/mol. The second-order valence-corrected chi connectivity index (χ2v) is 8.60. The van der Waals surface area contributed by atoms with Gasteiger partial charge in [0.2, 0.25) is 0 Å². The molecule has 0 saturated carbocycles. The van der Waals surface area contributed by atoms with E-state index in [1.165, 1.54) is 21.7 Å². The predicted octanol–water partition coefficient (Wildman–Crippen LogP) is 4.27. The summed E-state index contributed by atoms with van der Waals surface area (Å²) in [5.41, 5.74) is 7.24. The van der Waals surface area contributed by atoms with Gasteiger partial charge in [0.25, 0.3) is 0 Å². The maximum absolute atomic E-state index is 13.4. The number of rotatable bonds is 7. The lowest BCUT2D eigenvalue weighted by atomic mass is 10.2. The minimum Gasteiger partial charge on any atom is -0.368 e. The Hall–Kier alpha value is -2.55. The van der Waals surface area contributed by atoms with Gasteiger partial charge in [-0.05, 0) is 43.7 Å². The average molecular weight is 479 g/mol. The fraction of sp³-hybridized carbons (Fsp3) is 0.364. The van der Waals surface area contributed by atoms with Crippen molar-refractivity contribution < 1.29 is 9.18 Å². The van der Waals surface area contributed by atoms with Gasteiger partial charge in [-0.3, -0.25) is 9.80 Å². The Kier molecular flexibility index (Phi) is 7.03. The van der Waals surface area contributed by atoms with Gasteiger partial charge in [-0.2, -0.15) is 0 Å². The summed E-state index contributed by atoms with van der Waals surface area (Å²) >= 11 is 12.5. The standard InChI is InChI=1S/C22H25Cl2FN6O/c23-18-4-3-5-19(21(18)24)29-12-10-28(11-13-29)8-1-2-9-30(22(26)32)20-14-17-7-6-16(25)15-31(17)27-20/h3-7,14-15H,1-2,8-13H2,(H2,26,32). The maximum atomic E-state index is 13.4. The average Bonchev–Trinajstić information content (AvgIpc) is 3.18. The van der Waals surface area contributed by atoms with E-state index in [2.05, 4.69) is 14.9 Å². The molecule has 1 fully saturated rings. The number of urea groups is 1. The fourth-order valence-corrected chi connectivity index (χ4v) is 4.39. The third-order valence-electron chi connectivity index (χ3n) is 5.70. The molecule has 2 N–H and O–H groups in total. The van der Waals surface area contributed by atoms with Gasteiger partial charge in [-0.1, -0.05) is 29.3 Å². The second-order valence-electron chi connectivity index (χ2n) is 7.82. The second kappa shape index (κ2) is 9.94. The van der Waals surface area contributed by atoms with Crippen molar-refractivity contribution in [1.82, 2.24) is 14.5 Å². The quantitative estimate of drug-likeness (QED) is 0.514. The Morgan fingerprint density at radius 2 is 1.91 bits per heavy atom. The molecule has 7 nitrogen and oxygen atoms in total. The molecule has 2 amide bonds. The van der Waals surface area contributed by atoms with Crippen molar-refractivity contribution in [3.05, 3.63) is 58.5 Å². The number of carbonyl (C=O) groups is 1. The molecule has 2 aromatic heterocycles. The molecule has 4 rings (SSSR count). The summed E-state index contributed by atoms with van der Waals surface area (Å²) in [7, 11) is 0. The molecule has 1 aliphatic heterocycles. The van der Waals surface area contributed by atoms with Crippen molar-refractivity contribution in [3.8, 4) is 0 Å². The highest BCUT2D eigenvalue weighted by atomic mass is 35.5. The lowest BCUT2D eigenvalue weighted by molar-refractivity contribution is 0.249. The lowest BCUT2D eigenvalue weighted by Crippen LogP contribution is -2.46. The Morgan fingerprint density at radius 3 is 2.66 bits per heavy atom. The fourth-order valence-electron chi connectivity index (χ4n) is 3.97. The van der Waals surface area contributed by atoms with Crippen LogP contribution in [0.5, 0.6) is 0 Å². The zero-order valence-corrected chi connectivity index (χ0v) is 19.1. The number of piperazine rings is 1. The zero-order chi connectivity index (χ0) is 22.7. The van der Waals surface area contributed by atoms with Crippen molar-refractivity contribution in [2.45, 2.75) is 12.8 Å². The SMILES string of the molecule is NC(=O)N(CCCCN1CCN(c2cccc(Cl)c2Cl)CC1)c1cc2ccc(F)cn2n1. The highest BCUT2D eigenvalue weighted by Crippen LogP contribution is 2.32. The summed E-state index contributed by atoms with van der Waals surface area (Å²) in [6, 6.07) is 9.83. The van der Waals surface area contributed by atoms with E-state index in [-0.39, 0.29) is 0 Å². The number of halogens is 3. The van der Waals surface area contributed by atoms with Gasteiger partial charge in [0.1, 0.15) is 5.82 Å². The van der Waals surface area contributed by atoms with Crippen LogP contribution in [0.25, 0.3) is 5.52 Å². The zero-order valence-electron chi connectivity index (χ0n) is 17.6. The maximum Gasteiger partial charge on any atom is 0.320 e. The first-order valence-corrected chi connectivity index (χ1v) is 11.3. The van der Waals surface area contributed by atoms with E-state index in [1.54, 1.807) is 18.2 Å². The molecular weight excluding hydrogens is 454 g/mol. The number of hydrogen-bond acceptors (Lipinski definition) is 4. The number of primary amides is 1. The number of hydrogen-bond donors (Lipinski definition) is 1. The molecule has 3 heterocycles. The summed E-state index contributed by atoms with van der Waals surface area (Å²) < 4.78 is 14.8. The van der Waals surface area contributed by atoms with Crippen LogP contribution in [0.2, 0.25) is 10.0 Å². The Morgan fingerprint density at radius 1 is 1.12 bits per heavy atom. The van der Waals surface area contributed by atoms with Crippen LogP contribution in [0, 0.1) is 5.82 Å². The van der Waals surface area contributed by atoms with E-state index >= 15 is 0 Å². The molecule has 32 heavy (non-hydrogen) atoms. The summed E-state index contributed by atoms with van der Waals surface area (Å²) in [4.78, 5) is 18.0. The van der Waals surface area contributed by atoms with Gasteiger partial charge in [0.05, 0.1) is 27.4 Å². The predicted molar refractivity (Wildman–Crippen MR) is 126 cm³/mol. The molecule has 0 atom stereocenters. The number of nitrogens with zero attached hydrogens (tertiary/aromatic N) is 5. The van der Waals surface area contributed by atoms with Crippen LogP contribution in [-0.2, 0) is 0 Å². The van der Waals surface area contributed by atoms with E-state index in [4.69, 9.17) is 28.9 Å². The Balaban J connectivity index is 1.26. The van der Waals surface area contributed by atoms with Gasteiger partial charge in [-0.15, -0.1) is 5.10 Å². The molecule has 0 unspecified atom stereocenters. The van der Waals surface area contributed by atoms with Gasteiger partial charge >= 0.3 is 6.03 Å². The number of pyridine rings is 1.